The van der Waals surface area contributed by atoms with Crippen LogP contribution < -0.4 is 5.32 Å². The molecule has 58 heavy (non-hydrogen) atoms. The third-order valence-electron chi connectivity index (χ3n) is 11.7. The Labute approximate surface area is 361 Å². The number of carbonyl (C=O) groups is 2. The van der Waals surface area contributed by atoms with Gasteiger partial charge in [-0.25, -0.2) is 0 Å². The topological polar surface area (TPSA) is 95.9 Å². The van der Waals surface area contributed by atoms with Gasteiger partial charge in [0.1, 0.15) is 6.10 Å². The van der Waals surface area contributed by atoms with Crippen LogP contribution in [0.2, 0.25) is 0 Å². The van der Waals surface area contributed by atoms with Gasteiger partial charge in [-0.15, -0.1) is 0 Å². The molecule has 0 spiro atoms. The first kappa shape index (κ1) is 56.3. The number of rotatable bonds is 46. The molecule has 0 aliphatic rings. The van der Waals surface area contributed by atoms with Crippen molar-refractivity contribution < 1.29 is 24.5 Å². The number of hydrogen-bond donors (Lipinski definition) is 3. The molecule has 0 aromatic rings. The van der Waals surface area contributed by atoms with Crippen LogP contribution in [-0.2, 0) is 14.3 Å². The third-order valence-corrected chi connectivity index (χ3v) is 11.7. The van der Waals surface area contributed by atoms with Crippen LogP contribution in [0.25, 0.3) is 0 Å². The van der Waals surface area contributed by atoms with E-state index in [0.717, 1.165) is 70.6 Å². The molecule has 0 fully saturated rings. The Morgan fingerprint density at radius 3 is 1.31 bits per heavy atom. The van der Waals surface area contributed by atoms with Gasteiger partial charge in [-0.1, -0.05) is 212 Å². The lowest BCUT2D eigenvalue weighted by atomic mass is 10.0. The molecule has 342 valence electrons. The number of aliphatic hydroxyl groups is 2. The molecule has 3 unspecified atom stereocenters. The normalized spacial score (nSPS) is 13.4. The zero-order valence-corrected chi connectivity index (χ0v) is 38.9. The first-order valence-electron chi connectivity index (χ1n) is 25.6. The molecule has 0 heterocycles. The van der Waals surface area contributed by atoms with Crippen LogP contribution in [0, 0.1) is 0 Å². The number of carbonyl (C=O) groups excluding carboxylic acids is 2. The van der Waals surface area contributed by atoms with Gasteiger partial charge >= 0.3 is 5.97 Å². The number of unbranched alkanes of at least 4 members (excludes halogenated alkanes) is 30. The average Bonchev–Trinajstić information content (AvgIpc) is 3.22. The van der Waals surface area contributed by atoms with Crippen molar-refractivity contribution in [3.05, 3.63) is 24.3 Å². The van der Waals surface area contributed by atoms with Gasteiger partial charge in [0.25, 0.3) is 0 Å². The fraction of sp³-hybridized carbons (Fsp3) is 0.885. The largest absolute Gasteiger partial charge is 0.462 e. The first-order chi connectivity index (χ1) is 28.5. The van der Waals surface area contributed by atoms with Crippen LogP contribution in [-0.4, -0.2) is 46.9 Å². The summed E-state index contributed by atoms with van der Waals surface area (Å²) in [6.45, 7) is 6.41. The highest BCUT2D eigenvalue weighted by Crippen LogP contribution is 2.18. The summed E-state index contributed by atoms with van der Waals surface area (Å²) in [5.41, 5.74) is 0. The average molecular weight is 818 g/mol. The quantitative estimate of drug-likeness (QED) is 0.0323. The Balaban J connectivity index is 4.37. The molecular weight excluding hydrogens is 719 g/mol. The maximum Gasteiger partial charge on any atom is 0.306 e. The van der Waals surface area contributed by atoms with Gasteiger partial charge in [0.2, 0.25) is 5.91 Å². The van der Waals surface area contributed by atoms with E-state index in [4.69, 9.17) is 4.74 Å². The second kappa shape index (κ2) is 46.4. The number of aliphatic hydroxyl groups excluding tert-OH is 2. The van der Waals surface area contributed by atoms with Gasteiger partial charge in [-0.2, -0.15) is 0 Å². The monoisotopic (exact) mass is 818 g/mol. The van der Waals surface area contributed by atoms with Gasteiger partial charge in [0.05, 0.1) is 25.2 Å². The zero-order chi connectivity index (χ0) is 42.4. The second-order valence-corrected chi connectivity index (χ2v) is 17.6. The van der Waals surface area contributed by atoms with Crippen molar-refractivity contribution in [1.82, 2.24) is 5.32 Å². The maximum absolute atomic E-state index is 13.1. The summed E-state index contributed by atoms with van der Waals surface area (Å²) in [4.78, 5) is 26.0. The molecule has 0 saturated heterocycles. The highest BCUT2D eigenvalue weighted by Gasteiger charge is 2.24. The summed E-state index contributed by atoms with van der Waals surface area (Å²) >= 11 is 0. The summed E-state index contributed by atoms with van der Waals surface area (Å²) in [5, 5.41) is 23.7. The maximum atomic E-state index is 13.1. The van der Waals surface area contributed by atoms with E-state index in [1.54, 1.807) is 0 Å². The molecule has 6 heteroatoms. The number of nitrogens with one attached hydrogen (secondary N) is 1. The third kappa shape index (κ3) is 41.1. The minimum atomic E-state index is -0.786. The van der Waals surface area contributed by atoms with E-state index in [-0.39, 0.29) is 24.9 Å². The van der Waals surface area contributed by atoms with E-state index in [1.165, 1.54) is 154 Å². The molecule has 3 N–H and O–H groups in total. The van der Waals surface area contributed by atoms with Crippen LogP contribution in [0.4, 0.5) is 0 Å². The SMILES string of the molecule is CCC/C=C\CCCCCC(CC(=O)NC(CO)C(O)CCCCCCCCCCCCCC)OC(=O)CCCCCCCCCCC/C=C/CCCCCCCC. The summed E-state index contributed by atoms with van der Waals surface area (Å²) in [5.74, 6) is -0.486. The van der Waals surface area contributed by atoms with E-state index in [1.807, 2.05) is 0 Å². The summed E-state index contributed by atoms with van der Waals surface area (Å²) in [7, 11) is 0. The summed E-state index contributed by atoms with van der Waals surface area (Å²) < 4.78 is 5.90. The van der Waals surface area contributed by atoms with Crippen molar-refractivity contribution in [2.75, 3.05) is 6.61 Å². The van der Waals surface area contributed by atoms with Crippen molar-refractivity contribution in [3.8, 4) is 0 Å². The van der Waals surface area contributed by atoms with Crippen molar-refractivity contribution >= 4 is 11.9 Å². The van der Waals surface area contributed by atoms with E-state index in [9.17, 15) is 19.8 Å². The van der Waals surface area contributed by atoms with Crippen LogP contribution in [0.5, 0.6) is 0 Å². The number of allylic oxidation sites excluding steroid dienone is 4. The number of hydrogen-bond acceptors (Lipinski definition) is 5. The van der Waals surface area contributed by atoms with Crippen molar-refractivity contribution in [3.63, 3.8) is 0 Å². The highest BCUT2D eigenvalue weighted by atomic mass is 16.5. The minimum absolute atomic E-state index is 0.0689. The zero-order valence-electron chi connectivity index (χ0n) is 38.9. The molecule has 0 bridgehead atoms. The number of ether oxygens (including phenoxy) is 1. The molecule has 0 aliphatic heterocycles. The molecule has 6 nitrogen and oxygen atoms in total. The Kier molecular flexibility index (Phi) is 45.1. The molecule has 0 rings (SSSR count). The van der Waals surface area contributed by atoms with E-state index in [0.29, 0.717) is 19.3 Å². The summed E-state index contributed by atoms with van der Waals surface area (Å²) in [6, 6.07) is -0.701. The fourth-order valence-electron chi connectivity index (χ4n) is 7.84. The van der Waals surface area contributed by atoms with Gasteiger partial charge in [-0.3, -0.25) is 9.59 Å². The Bertz CT molecular complexity index is 919. The first-order valence-corrected chi connectivity index (χ1v) is 25.6. The summed E-state index contributed by atoms with van der Waals surface area (Å²) in [6.07, 6.45) is 52.5. The molecule has 0 radical (unpaired) electrons. The van der Waals surface area contributed by atoms with Crippen LogP contribution in [0.3, 0.4) is 0 Å². The lowest BCUT2D eigenvalue weighted by Crippen LogP contribution is -2.46. The van der Waals surface area contributed by atoms with E-state index in [2.05, 4.69) is 50.4 Å². The van der Waals surface area contributed by atoms with Gasteiger partial charge in [-0.05, 0) is 70.6 Å². The van der Waals surface area contributed by atoms with E-state index < -0.39 is 18.2 Å². The van der Waals surface area contributed by atoms with Crippen LogP contribution >= 0.6 is 0 Å². The van der Waals surface area contributed by atoms with E-state index >= 15 is 0 Å². The number of amides is 1. The molecular formula is C52H99NO5. The highest BCUT2D eigenvalue weighted by molar-refractivity contribution is 5.77. The molecule has 0 aliphatic carbocycles. The smallest absolute Gasteiger partial charge is 0.306 e. The second-order valence-electron chi connectivity index (χ2n) is 17.6. The molecule has 1 amide bonds. The molecule has 0 aromatic carbocycles. The van der Waals surface area contributed by atoms with Crippen molar-refractivity contribution in [2.24, 2.45) is 0 Å². The fourth-order valence-corrected chi connectivity index (χ4v) is 7.84. The van der Waals surface area contributed by atoms with Crippen molar-refractivity contribution in [1.29, 1.82) is 0 Å². The minimum Gasteiger partial charge on any atom is -0.462 e. The van der Waals surface area contributed by atoms with Gasteiger partial charge < -0.3 is 20.3 Å². The van der Waals surface area contributed by atoms with Crippen molar-refractivity contribution in [2.45, 2.75) is 289 Å². The lowest BCUT2D eigenvalue weighted by molar-refractivity contribution is -0.151. The van der Waals surface area contributed by atoms with Gasteiger partial charge in [0.15, 0.2) is 0 Å². The predicted molar refractivity (Wildman–Crippen MR) is 250 cm³/mol. The molecule has 0 saturated carbocycles. The van der Waals surface area contributed by atoms with Crippen LogP contribution in [0.1, 0.15) is 271 Å². The Morgan fingerprint density at radius 1 is 0.483 bits per heavy atom. The molecule has 0 aromatic heterocycles. The van der Waals surface area contributed by atoms with Crippen LogP contribution in [0.15, 0.2) is 24.3 Å². The predicted octanol–water partition coefficient (Wildman–Crippen LogP) is 15.1. The Hall–Kier alpha value is -1.66. The standard InChI is InChI=1S/C52H99NO5/c1-4-7-10-13-16-19-21-23-24-25-26-27-28-29-31-33-36-39-42-45-52(57)58-48(43-40-37-34-18-15-12-9-6-3)46-51(56)53-49(47-54)50(55)44-41-38-35-32-30-22-20-17-14-11-8-5-2/h12,15,23-24,48-50,54-55H,4-11,13-14,16-22,25-47H2,1-3H3,(H,53,56)/b15-12-,24-23+. The lowest BCUT2D eigenvalue weighted by Gasteiger charge is -2.24. The number of esters is 1. The molecule has 3 atom stereocenters. The van der Waals surface area contributed by atoms with Gasteiger partial charge in [0, 0.05) is 6.42 Å². The Morgan fingerprint density at radius 2 is 0.862 bits per heavy atom.